The average molecular weight is 402 g/mol. The number of hydrogen-bond donors (Lipinski definition) is 3. The van der Waals surface area contributed by atoms with Crippen LogP contribution in [-0.2, 0) is 0 Å². The van der Waals surface area contributed by atoms with E-state index in [9.17, 15) is 15.3 Å². The van der Waals surface area contributed by atoms with E-state index in [1.807, 2.05) is 0 Å². The van der Waals surface area contributed by atoms with Gasteiger partial charge in [0, 0.05) is 6.07 Å². The first kappa shape index (κ1) is 19.0. The lowest BCUT2D eigenvalue weighted by Gasteiger charge is -2.15. The average Bonchev–Trinajstić information content (AvgIpc) is 2.75. The van der Waals surface area contributed by atoms with Crippen LogP contribution < -0.4 is 14.2 Å². The van der Waals surface area contributed by atoms with Gasteiger partial charge in [0.1, 0.15) is 5.75 Å². The lowest BCUT2D eigenvalue weighted by atomic mass is 10.2. The molecule has 6 heteroatoms. The third-order valence-corrected chi connectivity index (χ3v) is 4.18. The van der Waals surface area contributed by atoms with Gasteiger partial charge < -0.3 is 29.5 Å². The minimum atomic E-state index is -0.0435. The van der Waals surface area contributed by atoms with Crippen LogP contribution in [0.3, 0.4) is 0 Å². The molecule has 0 aromatic heterocycles. The van der Waals surface area contributed by atoms with Crippen LogP contribution in [0.15, 0.2) is 91.0 Å². The zero-order valence-electron chi connectivity index (χ0n) is 15.7. The van der Waals surface area contributed by atoms with E-state index in [4.69, 9.17) is 14.2 Å². The van der Waals surface area contributed by atoms with Gasteiger partial charge in [-0.3, -0.25) is 0 Å². The van der Waals surface area contributed by atoms with Gasteiger partial charge in [-0.1, -0.05) is 36.4 Å². The zero-order valence-corrected chi connectivity index (χ0v) is 15.7. The van der Waals surface area contributed by atoms with Gasteiger partial charge >= 0.3 is 0 Å². The maximum absolute atomic E-state index is 10.1. The molecule has 0 unspecified atom stereocenters. The Morgan fingerprint density at radius 1 is 0.400 bits per heavy atom. The van der Waals surface area contributed by atoms with E-state index in [2.05, 4.69) is 0 Å². The monoisotopic (exact) mass is 402 g/mol. The number of phenolic OH excluding ortho intramolecular Hbond substituents is 3. The van der Waals surface area contributed by atoms with Crippen LogP contribution in [0.2, 0.25) is 0 Å². The van der Waals surface area contributed by atoms with Crippen molar-refractivity contribution in [2.75, 3.05) is 0 Å². The number of rotatable bonds is 6. The van der Waals surface area contributed by atoms with Gasteiger partial charge in [-0.25, -0.2) is 0 Å². The molecule has 0 aliphatic carbocycles. The molecule has 4 aromatic carbocycles. The van der Waals surface area contributed by atoms with E-state index in [-0.39, 0.29) is 40.2 Å². The Labute approximate surface area is 172 Å². The Kier molecular flexibility index (Phi) is 5.30. The maximum atomic E-state index is 10.1. The molecule has 0 bridgehead atoms. The lowest BCUT2D eigenvalue weighted by Crippen LogP contribution is -1.93. The molecule has 6 nitrogen and oxygen atoms in total. The number of aromatic hydroxyl groups is 3. The maximum Gasteiger partial charge on any atom is 0.173 e. The van der Waals surface area contributed by atoms with Gasteiger partial charge in [0.15, 0.2) is 46.0 Å². The Balaban J connectivity index is 1.70. The van der Waals surface area contributed by atoms with Crippen LogP contribution in [0.5, 0.6) is 51.7 Å². The summed E-state index contributed by atoms with van der Waals surface area (Å²) in [6.07, 6.45) is 0. The fourth-order valence-electron chi connectivity index (χ4n) is 2.71. The van der Waals surface area contributed by atoms with Crippen molar-refractivity contribution in [3.05, 3.63) is 91.0 Å². The van der Waals surface area contributed by atoms with E-state index in [1.54, 1.807) is 72.8 Å². The quantitative estimate of drug-likeness (QED) is 0.357. The highest BCUT2D eigenvalue weighted by atomic mass is 16.5. The van der Waals surface area contributed by atoms with E-state index in [0.29, 0.717) is 11.5 Å². The fourth-order valence-corrected chi connectivity index (χ4v) is 2.71. The summed E-state index contributed by atoms with van der Waals surface area (Å²) in [6, 6.07) is 24.4. The van der Waals surface area contributed by atoms with Gasteiger partial charge in [-0.2, -0.15) is 0 Å². The molecule has 0 saturated heterocycles. The molecule has 0 spiro atoms. The summed E-state index contributed by atoms with van der Waals surface area (Å²) in [5.41, 5.74) is 0. The fraction of sp³-hybridized carbons (Fsp3) is 0. The highest BCUT2D eigenvalue weighted by Gasteiger charge is 2.14. The van der Waals surface area contributed by atoms with Gasteiger partial charge in [0.2, 0.25) is 0 Å². The molecule has 0 radical (unpaired) electrons. The Hall–Kier alpha value is -4.32. The first-order valence-corrected chi connectivity index (χ1v) is 9.12. The first-order chi connectivity index (χ1) is 14.6. The molecule has 4 aromatic rings. The van der Waals surface area contributed by atoms with Crippen molar-refractivity contribution in [2.24, 2.45) is 0 Å². The summed E-state index contributed by atoms with van der Waals surface area (Å²) in [6.45, 7) is 0. The van der Waals surface area contributed by atoms with Crippen LogP contribution in [-0.4, -0.2) is 15.3 Å². The molecule has 0 atom stereocenters. The molecule has 0 fully saturated rings. The summed E-state index contributed by atoms with van der Waals surface area (Å²) in [4.78, 5) is 0. The smallest absolute Gasteiger partial charge is 0.173 e. The van der Waals surface area contributed by atoms with Crippen LogP contribution >= 0.6 is 0 Å². The van der Waals surface area contributed by atoms with E-state index in [0.717, 1.165) is 0 Å². The van der Waals surface area contributed by atoms with Gasteiger partial charge in [0.25, 0.3) is 0 Å². The van der Waals surface area contributed by atoms with Crippen molar-refractivity contribution in [1.82, 2.24) is 0 Å². The Morgan fingerprint density at radius 2 is 0.833 bits per heavy atom. The minimum Gasteiger partial charge on any atom is -0.504 e. The summed E-state index contributed by atoms with van der Waals surface area (Å²) in [7, 11) is 0. The highest BCUT2D eigenvalue weighted by Crippen LogP contribution is 2.42. The van der Waals surface area contributed by atoms with E-state index >= 15 is 0 Å². The second kappa shape index (κ2) is 8.36. The molecule has 0 aliphatic heterocycles. The van der Waals surface area contributed by atoms with Crippen molar-refractivity contribution in [3.8, 4) is 51.7 Å². The predicted octanol–water partition coefficient (Wildman–Crippen LogP) is 6.18. The molecule has 4 rings (SSSR count). The molecule has 150 valence electrons. The first-order valence-electron chi connectivity index (χ1n) is 9.12. The van der Waals surface area contributed by atoms with Gasteiger partial charge in [-0.05, 0) is 48.5 Å². The Bertz CT molecular complexity index is 1170. The number of ether oxygens (including phenoxy) is 3. The third-order valence-electron chi connectivity index (χ3n) is 4.18. The van der Waals surface area contributed by atoms with E-state index < -0.39 is 0 Å². The molecular weight excluding hydrogens is 384 g/mol. The number of hydrogen-bond acceptors (Lipinski definition) is 6. The van der Waals surface area contributed by atoms with Crippen molar-refractivity contribution in [1.29, 1.82) is 0 Å². The minimum absolute atomic E-state index is 0.00444. The molecular formula is C24H18O6. The predicted molar refractivity (Wildman–Crippen MR) is 111 cm³/mol. The molecule has 30 heavy (non-hydrogen) atoms. The van der Waals surface area contributed by atoms with Gasteiger partial charge in [0.05, 0.1) is 0 Å². The number of benzene rings is 4. The SMILES string of the molecule is Oc1ccccc1Oc1ccc(Oc2ccccc2O)c(Oc2ccccc2O)c1. The van der Waals surface area contributed by atoms with Crippen LogP contribution in [0.4, 0.5) is 0 Å². The van der Waals surface area contributed by atoms with Crippen molar-refractivity contribution < 1.29 is 29.5 Å². The number of phenols is 3. The molecule has 3 N–H and O–H groups in total. The van der Waals surface area contributed by atoms with Crippen molar-refractivity contribution in [2.45, 2.75) is 0 Å². The summed E-state index contributed by atoms with van der Waals surface area (Å²) < 4.78 is 17.4. The summed E-state index contributed by atoms with van der Waals surface area (Å²) in [5.74, 6) is 1.59. The normalized spacial score (nSPS) is 10.4. The van der Waals surface area contributed by atoms with Crippen molar-refractivity contribution in [3.63, 3.8) is 0 Å². The van der Waals surface area contributed by atoms with Gasteiger partial charge in [-0.15, -0.1) is 0 Å². The molecule has 0 saturated carbocycles. The molecule has 0 amide bonds. The number of para-hydroxylation sites is 6. The van der Waals surface area contributed by atoms with Crippen LogP contribution in [0.25, 0.3) is 0 Å². The third kappa shape index (κ3) is 4.23. The Morgan fingerprint density at radius 3 is 1.33 bits per heavy atom. The largest absolute Gasteiger partial charge is 0.504 e. The molecule has 0 aliphatic rings. The topological polar surface area (TPSA) is 88.4 Å². The highest BCUT2D eigenvalue weighted by molar-refractivity contribution is 5.54. The van der Waals surface area contributed by atoms with Crippen LogP contribution in [0, 0.1) is 0 Å². The standard InChI is InChI=1S/C24H18O6/c25-17-7-1-4-10-20(17)28-16-13-14-23(29-21-11-5-2-8-18(21)26)24(15-16)30-22-12-6-3-9-19(22)27/h1-15,25-27H. The summed E-state index contributed by atoms with van der Waals surface area (Å²) >= 11 is 0. The lowest BCUT2D eigenvalue weighted by molar-refractivity contribution is 0.372. The van der Waals surface area contributed by atoms with E-state index in [1.165, 1.54) is 18.2 Å². The van der Waals surface area contributed by atoms with Crippen molar-refractivity contribution >= 4 is 0 Å². The van der Waals surface area contributed by atoms with Crippen LogP contribution in [0.1, 0.15) is 0 Å². The summed E-state index contributed by atoms with van der Waals surface area (Å²) in [5, 5.41) is 30.0. The second-order valence-corrected chi connectivity index (χ2v) is 6.32. The zero-order chi connectivity index (χ0) is 20.9. The second-order valence-electron chi connectivity index (χ2n) is 6.32. The molecule has 0 heterocycles.